The summed E-state index contributed by atoms with van der Waals surface area (Å²) in [6, 6.07) is 13.7. The first-order valence-corrected chi connectivity index (χ1v) is 7.45. The molecule has 0 aromatic heterocycles. The second kappa shape index (κ2) is 3.72. The molecule has 0 heterocycles. The van der Waals surface area contributed by atoms with Gasteiger partial charge in [0.25, 0.3) is 0 Å². The van der Waals surface area contributed by atoms with Gasteiger partial charge in [-0.2, -0.15) is 0 Å². The van der Waals surface area contributed by atoms with Crippen LogP contribution in [0.15, 0.2) is 36.4 Å². The van der Waals surface area contributed by atoms with E-state index in [1.165, 1.54) is 47.9 Å². The number of hydrogen-bond acceptors (Lipinski definition) is 0. The lowest BCUT2D eigenvalue weighted by Crippen LogP contribution is -2.21. The van der Waals surface area contributed by atoms with Crippen LogP contribution in [0.1, 0.15) is 47.9 Å². The zero-order valence-corrected chi connectivity index (χ0v) is 11.8. The third kappa shape index (κ3) is 1.30. The van der Waals surface area contributed by atoms with Gasteiger partial charge in [-0.15, -0.1) is 0 Å². The molecule has 4 rings (SSSR count). The minimum atomic E-state index is 0.335. The van der Waals surface area contributed by atoms with Gasteiger partial charge in [0.05, 0.1) is 0 Å². The standard InChI is InChI=1S/C19H20/c1-13-7-6-10-16-17(13)15-9-5-8-14(2)18(15)19(16)11-3-4-12-19/h5-10H,3-4,11-12H2,1-2H3. The van der Waals surface area contributed by atoms with Crippen molar-refractivity contribution in [1.29, 1.82) is 0 Å². The molecule has 2 aromatic carbocycles. The molecule has 96 valence electrons. The minimum absolute atomic E-state index is 0.335. The molecule has 0 heteroatoms. The highest BCUT2D eigenvalue weighted by Crippen LogP contribution is 2.58. The molecular weight excluding hydrogens is 228 g/mol. The Morgan fingerprint density at radius 2 is 1.53 bits per heavy atom. The first-order valence-electron chi connectivity index (χ1n) is 7.45. The number of fused-ring (bicyclic) bond motifs is 5. The Morgan fingerprint density at radius 1 is 0.842 bits per heavy atom. The monoisotopic (exact) mass is 248 g/mol. The van der Waals surface area contributed by atoms with E-state index in [1.54, 1.807) is 11.1 Å². The highest BCUT2D eigenvalue weighted by Gasteiger charge is 2.45. The summed E-state index contributed by atoms with van der Waals surface area (Å²) in [5, 5.41) is 0. The van der Waals surface area contributed by atoms with Gasteiger partial charge < -0.3 is 0 Å². The summed E-state index contributed by atoms with van der Waals surface area (Å²) in [4.78, 5) is 0. The molecule has 0 atom stereocenters. The molecule has 19 heavy (non-hydrogen) atoms. The van der Waals surface area contributed by atoms with Crippen molar-refractivity contribution in [3.8, 4) is 11.1 Å². The maximum Gasteiger partial charge on any atom is 0.0217 e. The van der Waals surface area contributed by atoms with Gasteiger partial charge in [0, 0.05) is 5.41 Å². The summed E-state index contributed by atoms with van der Waals surface area (Å²) in [7, 11) is 0. The fourth-order valence-corrected chi connectivity index (χ4v) is 4.57. The van der Waals surface area contributed by atoms with Gasteiger partial charge in [-0.05, 0) is 60.1 Å². The molecule has 0 unspecified atom stereocenters. The molecule has 0 nitrogen and oxygen atoms in total. The van der Waals surface area contributed by atoms with E-state index in [-0.39, 0.29) is 0 Å². The SMILES string of the molecule is Cc1cccc2c1-c1cccc(C)c1C21CCCC1. The van der Waals surface area contributed by atoms with Crippen LogP contribution in [-0.4, -0.2) is 0 Å². The largest absolute Gasteiger partial charge is 0.0617 e. The predicted molar refractivity (Wildman–Crippen MR) is 80.6 cm³/mol. The zero-order valence-electron chi connectivity index (χ0n) is 11.8. The van der Waals surface area contributed by atoms with Crippen molar-refractivity contribution in [2.45, 2.75) is 44.9 Å². The van der Waals surface area contributed by atoms with Gasteiger partial charge in [0.15, 0.2) is 0 Å². The minimum Gasteiger partial charge on any atom is -0.0617 e. The summed E-state index contributed by atoms with van der Waals surface area (Å²) in [6.07, 6.45) is 5.42. The lowest BCUT2D eigenvalue weighted by molar-refractivity contribution is 0.546. The summed E-state index contributed by atoms with van der Waals surface area (Å²) < 4.78 is 0. The molecule has 2 aliphatic rings. The second-order valence-corrected chi connectivity index (χ2v) is 6.28. The normalized spacial score (nSPS) is 18.6. The van der Waals surface area contributed by atoms with E-state index < -0.39 is 0 Å². The molecule has 0 amide bonds. The number of hydrogen-bond donors (Lipinski definition) is 0. The highest BCUT2D eigenvalue weighted by atomic mass is 14.5. The Hall–Kier alpha value is -1.56. The van der Waals surface area contributed by atoms with E-state index in [0.717, 1.165) is 0 Å². The molecule has 2 aromatic rings. The van der Waals surface area contributed by atoms with Crippen LogP contribution < -0.4 is 0 Å². The van der Waals surface area contributed by atoms with Crippen molar-refractivity contribution in [2.24, 2.45) is 0 Å². The van der Waals surface area contributed by atoms with Crippen molar-refractivity contribution >= 4 is 0 Å². The van der Waals surface area contributed by atoms with Crippen LogP contribution in [0, 0.1) is 13.8 Å². The van der Waals surface area contributed by atoms with Crippen LogP contribution in [0.25, 0.3) is 11.1 Å². The molecule has 0 aliphatic heterocycles. The maximum atomic E-state index is 2.38. The van der Waals surface area contributed by atoms with Crippen molar-refractivity contribution in [3.63, 3.8) is 0 Å². The molecule has 1 spiro atoms. The average molecular weight is 248 g/mol. The Kier molecular flexibility index (Phi) is 2.21. The van der Waals surface area contributed by atoms with E-state index in [0.29, 0.717) is 5.41 Å². The van der Waals surface area contributed by atoms with Crippen molar-refractivity contribution in [2.75, 3.05) is 0 Å². The Balaban J connectivity index is 2.14. The van der Waals surface area contributed by atoms with E-state index >= 15 is 0 Å². The Morgan fingerprint density at radius 3 is 2.32 bits per heavy atom. The van der Waals surface area contributed by atoms with Crippen LogP contribution in [0.2, 0.25) is 0 Å². The number of aryl methyl sites for hydroxylation is 2. The van der Waals surface area contributed by atoms with Crippen LogP contribution in [0.3, 0.4) is 0 Å². The smallest absolute Gasteiger partial charge is 0.0217 e. The van der Waals surface area contributed by atoms with Gasteiger partial charge in [-0.1, -0.05) is 49.2 Å². The number of benzene rings is 2. The molecular formula is C19H20. The molecule has 2 aliphatic carbocycles. The van der Waals surface area contributed by atoms with Crippen molar-refractivity contribution in [1.82, 2.24) is 0 Å². The molecule has 0 N–H and O–H groups in total. The van der Waals surface area contributed by atoms with Gasteiger partial charge in [0.2, 0.25) is 0 Å². The van der Waals surface area contributed by atoms with Crippen LogP contribution in [-0.2, 0) is 5.41 Å². The first kappa shape index (κ1) is 11.3. The molecule has 1 fully saturated rings. The molecule has 0 bridgehead atoms. The van der Waals surface area contributed by atoms with E-state index in [2.05, 4.69) is 50.2 Å². The Bertz CT molecular complexity index is 658. The molecule has 1 saturated carbocycles. The van der Waals surface area contributed by atoms with Crippen LogP contribution >= 0.6 is 0 Å². The number of rotatable bonds is 0. The quantitative estimate of drug-likeness (QED) is 0.605. The first-order chi connectivity index (χ1) is 9.24. The molecule has 0 radical (unpaired) electrons. The van der Waals surface area contributed by atoms with Gasteiger partial charge in [-0.3, -0.25) is 0 Å². The maximum absolute atomic E-state index is 2.38. The van der Waals surface area contributed by atoms with E-state index in [9.17, 15) is 0 Å². The summed E-state index contributed by atoms with van der Waals surface area (Å²) >= 11 is 0. The van der Waals surface area contributed by atoms with Crippen molar-refractivity contribution in [3.05, 3.63) is 58.7 Å². The van der Waals surface area contributed by atoms with Gasteiger partial charge in [0.1, 0.15) is 0 Å². The van der Waals surface area contributed by atoms with Gasteiger partial charge >= 0.3 is 0 Å². The third-order valence-electron chi connectivity index (χ3n) is 5.27. The van der Waals surface area contributed by atoms with Gasteiger partial charge in [-0.25, -0.2) is 0 Å². The summed E-state index contributed by atoms with van der Waals surface area (Å²) in [5.41, 5.74) is 9.54. The van der Waals surface area contributed by atoms with E-state index in [1.807, 2.05) is 0 Å². The highest BCUT2D eigenvalue weighted by molar-refractivity contribution is 5.84. The van der Waals surface area contributed by atoms with Crippen LogP contribution in [0.4, 0.5) is 0 Å². The Labute approximate surface area is 115 Å². The zero-order chi connectivity index (χ0) is 13.0. The van der Waals surface area contributed by atoms with Crippen molar-refractivity contribution < 1.29 is 0 Å². The average Bonchev–Trinajstić information content (AvgIpc) is 2.98. The lowest BCUT2D eigenvalue weighted by Gasteiger charge is -2.28. The van der Waals surface area contributed by atoms with E-state index in [4.69, 9.17) is 0 Å². The molecule has 0 saturated heterocycles. The summed E-state index contributed by atoms with van der Waals surface area (Å²) in [5.74, 6) is 0. The topological polar surface area (TPSA) is 0 Å². The lowest BCUT2D eigenvalue weighted by atomic mass is 9.75. The fourth-order valence-electron chi connectivity index (χ4n) is 4.57. The van der Waals surface area contributed by atoms with Crippen LogP contribution in [0.5, 0.6) is 0 Å². The third-order valence-corrected chi connectivity index (χ3v) is 5.27. The summed E-state index contributed by atoms with van der Waals surface area (Å²) in [6.45, 7) is 4.55. The fraction of sp³-hybridized carbons (Fsp3) is 0.368. The second-order valence-electron chi connectivity index (χ2n) is 6.28. The predicted octanol–water partition coefficient (Wildman–Crippen LogP) is 5.14.